The number of nitrogens with zero attached hydrogens (tertiary/aromatic N) is 1. The number of benzene rings is 2. The molecule has 1 heterocycles. The number of carbonyl (C=O) groups is 1. The van der Waals surface area contributed by atoms with E-state index in [0.29, 0.717) is 28.4 Å². The number of methoxy groups -OCH3 is 4. The average molecular weight is 385 g/mol. The van der Waals surface area contributed by atoms with Crippen LogP contribution >= 0.6 is 0 Å². The van der Waals surface area contributed by atoms with Crippen molar-refractivity contribution >= 4 is 17.9 Å². The second-order valence-corrected chi connectivity index (χ2v) is 5.68. The molecule has 1 aliphatic heterocycles. The fraction of sp³-hybridized carbons (Fsp3) is 0.200. The molecule has 0 amide bonds. The minimum absolute atomic E-state index is 0.000242. The quantitative estimate of drug-likeness (QED) is 0.603. The van der Waals surface area contributed by atoms with Crippen LogP contribution in [0.25, 0.3) is 6.08 Å². The van der Waals surface area contributed by atoms with E-state index in [1.165, 1.54) is 40.6 Å². The monoisotopic (exact) mass is 385 g/mol. The predicted octanol–water partition coefficient (Wildman–Crippen LogP) is 2.77. The molecule has 2 aromatic rings. The third kappa shape index (κ3) is 3.57. The molecule has 0 radical (unpaired) electrons. The summed E-state index contributed by atoms with van der Waals surface area (Å²) in [6.45, 7) is 0. The average Bonchev–Trinajstić information content (AvgIpc) is 3.08. The Morgan fingerprint density at radius 1 is 0.929 bits per heavy atom. The number of rotatable bonds is 6. The summed E-state index contributed by atoms with van der Waals surface area (Å²) < 4.78 is 26.3. The van der Waals surface area contributed by atoms with Crippen LogP contribution in [0.5, 0.6) is 28.7 Å². The lowest BCUT2D eigenvalue weighted by Crippen LogP contribution is -2.06. The van der Waals surface area contributed by atoms with Gasteiger partial charge in [0.15, 0.2) is 28.7 Å². The van der Waals surface area contributed by atoms with Gasteiger partial charge in [-0.25, -0.2) is 9.79 Å². The van der Waals surface area contributed by atoms with Crippen LogP contribution in [0.15, 0.2) is 41.0 Å². The van der Waals surface area contributed by atoms with Gasteiger partial charge >= 0.3 is 5.97 Å². The summed E-state index contributed by atoms with van der Waals surface area (Å²) in [7, 11) is 5.93. The molecule has 1 aliphatic rings. The zero-order chi connectivity index (χ0) is 20.3. The van der Waals surface area contributed by atoms with Crippen molar-refractivity contribution < 1.29 is 33.6 Å². The molecule has 28 heavy (non-hydrogen) atoms. The SMILES string of the molecule is COc1cc(/C=C2/N=C(c3cc(OC)c(OC)c(OC)c3)OC2=O)ccc1O. The van der Waals surface area contributed by atoms with Gasteiger partial charge in [-0.3, -0.25) is 0 Å². The summed E-state index contributed by atoms with van der Waals surface area (Å²) in [4.78, 5) is 16.5. The molecule has 0 aromatic heterocycles. The molecule has 8 nitrogen and oxygen atoms in total. The van der Waals surface area contributed by atoms with E-state index in [2.05, 4.69) is 4.99 Å². The maximum absolute atomic E-state index is 12.2. The zero-order valence-electron chi connectivity index (χ0n) is 15.8. The Labute approximate surface area is 161 Å². The maximum Gasteiger partial charge on any atom is 0.363 e. The number of aliphatic imine (C=N–C) groups is 1. The van der Waals surface area contributed by atoms with Gasteiger partial charge in [-0.05, 0) is 35.9 Å². The summed E-state index contributed by atoms with van der Waals surface area (Å²) >= 11 is 0. The number of ether oxygens (including phenoxy) is 5. The number of phenols is 1. The van der Waals surface area contributed by atoms with Crippen molar-refractivity contribution in [1.82, 2.24) is 0 Å². The van der Waals surface area contributed by atoms with Crippen molar-refractivity contribution in [2.75, 3.05) is 28.4 Å². The second-order valence-electron chi connectivity index (χ2n) is 5.68. The van der Waals surface area contributed by atoms with Crippen molar-refractivity contribution in [3.63, 3.8) is 0 Å². The Hall–Kier alpha value is -3.68. The predicted molar refractivity (Wildman–Crippen MR) is 101 cm³/mol. The van der Waals surface area contributed by atoms with E-state index in [9.17, 15) is 9.90 Å². The molecule has 2 aromatic carbocycles. The third-order valence-corrected chi connectivity index (χ3v) is 4.04. The lowest BCUT2D eigenvalue weighted by molar-refractivity contribution is -0.129. The summed E-state index contributed by atoms with van der Waals surface area (Å²) in [5.41, 5.74) is 1.22. The summed E-state index contributed by atoms with van der Waals surface area (Å²) in [5, 5.41) is 9.68. The molecule has 0 atom stereocenters. The van der Waals surface area contributed by atoms with E-state index >= 15 is 0 Å². The van der Waals surface area contributed by atoms with E-state index in [-0.39, 0.29) is 23.1 Å². The van der Waals surface area contributed by atoms with Gasteiger partial charge in [-0.15, -0.1) is 0 Å². The minimum Gasteiger partial charge on any atom is -0.504 e. The fourth-order valence-corrected chi connectivity index (χ4v) is 2.68. The Morgan fingerprint density at radius 2 is 1.57 bits per heavy atom. The molecule has 0 unspecified atom stereocenters. The molecule has 0 saturated carbocycles. The lowest BCUT2D eigenvalue weighted by atomic mass is 10.1. The highest BCUT2D eigenvalue weighted by molar-refractivity contribution is 6.13. The molecule has 8 heteroatoms. The minimum atomic E-state index is -0.601. The van der Waals surface area contributed by atoms with Gasteiger partial charge in [0.05, 0.1) is 28.4 Å². The van der Waals surface area contributed by atoms with Crippen molar-refractivity contribution in [3.8, 4) is 28.7 Å². The molecule has 3 rings (SSSR count). The smallest absolute Gasteiger partial charge is 0.363 e. The summed E-state index contributed by atoms with van der Waals surface area (Å²) in [5.74, 6) is 1.05. The molecule has 146 valence electrons. The first-order valence-corrected chi connectivity index (χ1v) is 8.20. The van der Waals surface area contributed by atoms with Gasteiger partial charge in [0.25, 0.3) is 0 Å². The molecule has 1 N–H and O–H groups in total. The normalized spacial score (nSPS) is 14.5. The van der Waals surface area contributed by atoms with Crippen LogP contribution in [0.1, 0.15) is 11.1 Å². The molecular formula is C20H19NO7. The van der Waals surface area contributed by atoms with Crippen molar-refractivity contribution in [2.45, 2.75) is 0 Å². The van der Waals surface area contributed by atoms with Crippen LogP contribution in [0, 0.1) is 0 Å². The third-order valence-electron chi connectivity index (χ3n) is 4.04. The van der Waals surface area contributed by atoms with Crippen LogP contribution in [0.4, 0.5) is 0 Å². The number of phenolic OH excluding ortho intramolecular Hbond substituents is 1. The Morgan fingerprint density at radius 3 is 2.14 bits per heavy atom. The van der Waals surface area contributed by atoms with E-state index in [0.717, 1.165) is 0 Å². The van der Waals surface area contributed by atoms with Crippen LogP contribution in [0.3, 0.4) is 0 Å². The number of aromatic hydroxyl groups is 1. The van der Waals surface area contributed by atoms with Crippen molar-refractivity contribution in [2.24, 2.45) is 4.99 Å². The molecule has 0 saturated heterocycles. The number of carbonyl (C=O) groups excluding carboxylic acids is 1. The highest BCUT2D eigenvalue weighted by atomic mass is 16.6. The lowest BCUT2D eigenvalue weighted by Gasteiger charge is -2.13. The Balaban J connectivity index is 2.00. The topological polar surface area (TPSA) is 95.8 Å². The zero-order valence-corrected chi connectivity index (χ0v) is 15.8. The Bertz CT molecular complexity index is 954. The maximum atomic E-state index is 12.2. The molecule has 0 bridgehead atoms. The Kier molecular flexibility index (Phi) is 5.39. The van der Waals surface area contributed by atoms with E-state index in [1.54, 1.807) is 24.3 Å². The van der Waals surface area contributed by atoms with Gasteiger partial charge in [0, 0.05) is 5.56 Å². The molecule has 0 spiro atoms. The molecule has 0 fully saturated rings. The standard InChI is InChI=1S/C20H19NO7/c1-24-15-8-11(5-6-14(15)22)7-13-20(23)28-19(21-13)12-9-16(25-2)18(27-4)17(10-12)26-3/h5-10,22H,1-4H3/b13-7+. The van der Waals surface area contributed by atoms with Crippen LogP contribution in [-0.4, -0.2) is 45.4 Å². The molecule has 0 aliphatic carbocycles. The highest BCUT2D eigenvalue weighted by Crippen LogP contribution is 2.39. The van der Waals surface area contributed by atoms with Gasteiger partial charge in [-0.2, -0.15) is 0 Å². The first-order valence-electron chi connectivity index (χ1n) is 8.20. The van der Waals surface area contributed by atoms with Gasteiger partial charge < -0.3 is 28.8 Å². The van der Waals surface area contributed by atoms with Crippen LogP contribution < -0.4 is 18.9 Å². The molecular weight excluding hydrogens is 366 g/mol. The highest BCUT2D eigenvalue weighted by Gasteiger charge is 2.26. The number of cyclic esters (lactones) is 1. The number of esters is 1. The van der Waals surface area contributed by atoms with E-state index in [1.807, 2.05) is 0 Å². The second kappa shape index (κ2) is 7.91. The number of hydrogen-bond donors (Lipinski definition) is 1. The summed E-state index contributed by atoms with van der Waals surface area (Å²) in [6, 6.07) is 7.96. The number of hydrogen-bond acceptors (Lipinski definition) is 8. The van der Waals surface area contributed by atoms with Crippen molar-refractivity contribution in [1.29, 1.82) is 0 Å². The van der Waals surface area contributed by atoms with Gasteiger partial charge in [0.1, 0.15) is 0 Å². The fourth-order valence-electron chi connectivity index (χ4n) is 2.68. The van der Waals surface area contributed by atoms with E-state index in [4.69, 9.17) is 23.7 Å². The van der Waals surface area contributed by atoms with Crippen molar-refractivity contribution in [3.05, 3.63) is 47.2 Å². The summed E-state index contributed by atoms with van der Waals surface area (Å²) in [6.07, 6.45) is 1.54. The van der Waals surface area contributed by atoms with E-state index < -0.39 is 5.97 Å². The first kappa shape index (κ1) is 19.1. The largest absolute Gasteiger partial charge is 0.504 e. The van der Waals surface area contributed by atoms with Gasteiger partial charge in [0.2, 0.25) is 11.6 Å². The van der Waals surface area contributed by atoms with Crippen LogP contribution in [0.2, 0.25) is 0 Å². The first-order chi connectivity index (χ1) is 13.5. The van der Waals surface area contributed by atoms with Gasteiger partial charge in [-0.1, -0.05) is 6.07 Å². The van der Waals surface area contributed by atoms with Crippen LogP contribution in [-0.2, 0) is 9.53 Å².